The number of H-pyrrole nitrogens is 4. The zero-order chi connectivity index (χ0) is 10.3. The Bertz CT molecular complexity index is 656. The van der Waals surface area contributed by atoms with E-state index >= 15 is 0 Å². The first-order valence-corrected chi connectivity index (χ1v) is 3.57. The quantitative estimate of drug-likeness (QED) is 0.373. The molecule has 0 unspecified atom stereocenters. The van der Waals surface area contributed by atoms with Crippen LogP contribution in [0.2, 0.25) is 0 Å². The molecule has 0 atom stereocenters. The van der Waals surface area contributed by atoms with E-state index in [0.29, 0.717) is 0 Å². The van der Waals surface area contributed by atoms with Gasteiger partial charge >= 0.3 is 11.4 Å². The molecule has 0 bridgehead atoms. The van der Waals surface area contributed by atoms with Crippen molar-refractivity contribution < 1.29 is 0 Å². The van der Waals surface area contributed by atoms with Crippen LogP contribution in [0.3, 0.4) is 0 Å². The molecule has 0 aliphatic rings. The Morgan fingerprint density at radius 1 is 0.643 bits per heavy atom. The van der Waals surface area contributed by atoms with E-state index in [0.717, 1.165) is 0 Å². The molecule has 0 aliphatic heterocycles. The molecule has 8 nitrogen and oxygen atoms in total. The van der Waals surface area contributed by atoms with Gasteiger partial charge in [0.15, 0.2) is 0 Å². The van der Waals surface area contributed by atoms with E-state index in [1.54, 1.807) is 0 Å². The molecule has 14 heavy (non-hydrogen) atoms. The SMILES string of the molecule is O=c1[nH]c(=O)c2c(=O)[nH]c(=O)[nH]c2[nH]1. The van der Waals surface area contributed by atoms with Crippen molar-refractivity contribution in [2.45, 2.75) is 0 Å². The van der Waals surface area contributed by atoms with E-state index in [9.17, 15) is 19.2 Å². The summed E-state index contributed by atoms with van der Waals surface area (Å²) in [5, 5.41) is -0.316. The van der Waals surface area contributed by atoms with Crippen molar-refractivity contribution in [3.8, 4) is 0 Å². The van der Waals surface area contributed by atoms with E-state index < -0.39 is 22.5 Å². The molecule has 0 amide bonds. The Kier molecular flexibility index (Phi) is 1.50. The minimum absolute atomic E-state index is 0.187. The van der Waals surface area contributed by atoms with Crippen molar-refractivity contribution in [2.24, 2.45) is 0 Å². The van der Waals surface area contributed by atoms with Crippen LogP contribution >= 0.6 is 0 Å². The average molecular weight is 196 g/mol. The summed E-state index contributed by atoms with van der Waals surface area (Å²) in [5.41, 5.74) is -3.46. The highest BCUT2D eigenvalue weighted by Gasteiger charge is 2.05. The molecule has 0 saturated heterocycles. The first kappa shape index (κ1) is 8.23. The molecule has 0 spiro atoms. The van der Waals surface area contributed by atoms with E-state index in [2.05, 4.69) is 9.97 Å². The lowest BCUT2D eigenvalue weighted by Gasteiger charge is -1.92. The van der Waals surface area contributed by atoms with Crippen LogP contribution in [0.5, 0.6) is 0 Å². The van der Waals surface area contributed by atoms with E-state index in [-0.39, 0.29) is 11.0 Å². The van der Waals surface area contributed by atoms with Gasteiger partial charge in [0.25, 0.3) is 11.1 Å². The summed E-state index contributed by atoms with van der Waals surface area (Å²) in [6, 6.07) is 0. The van der Waals surface area contributed by atoms with E-state index in [1.165, 1.54) is 0 Å². The zero-order valence-corrected chi connectivity index (χ0v) is 6.63. The predicted molar refractivity (Wildman–Crippen MR) is 46.4 cm³/mol. The number of hydrogen-bond donors (Lipinski definition) is 4. The van der Waals surface area contributed by atoms with Crippen LogP contribution in [0.25, 0.3) is 11.0 Å². The molecule has 2 rings (SSSR count). The highest BCUT2D eigenvalue weighted by molar-refractivity contribution is 5.70. The van der Waals surface area contributed by atoms with Gasteiger partial charge in [-0.2, -0.15) is 0 Å². The van der Waals surface area contributed by atoms with Gasteiger partial charge in [-0.3, -0.25) is 29.5 Å². The van der Waals surface area contributed by atoms with E-state index in [1.807, 2.05) is 9.97 Å². The van der Waals surface area contributed by atoms with Gasteiger partial charge in [-0.1, -0.05) is 0 Å². The van der Waals surface area contributed by atoms with Crippen molar-refractivity contribution in [1.82, 2.24) is 19.9 Å². The standard InChI is InChI=1S/C6H4N4O4/c11-3-1-2(7-5(13)9-3)8-6(14)10-4(1)12/h(H4,7,8,9,10,11,12,13,14). The van der Waals surface area contributed by atoms with Crippen LogP contribution in [0.1, 0.15) is 0 Å². The molecule has 4 N–H and O–H groups in total. The lowest BCUT2D eigenvalue weighted by molar-refractivity contribution is 1.00. The Hall–Kier alpha value is -2.38. The van der Waals surface area contributed by atoms with Gasteiger partial charge in [-0.25, -0.2) is 9.59 Å². The fraction of sp³-hybridized carbons (Fsp3) is 0. The molecular weight excluding hydrogens is 192 g/mol. The zero-order valence-electron chi connectivity index (χ0n) is 6.63. The summed E-state index contributed by atoms with van der Waals surface area (Å²) in [5.74, 6) is 0. The summed E-state index contributed by atoms with van der Waals surface area (Å²) in [6.45, 7) is 0. The topological polar surface area (TPSA) is 131 Å². The number of rotatable bonds is 0. The third kappa shape index (κ3) is 1.09. The smallest absolute Gasteiger partial charge is 0.293 e. The van der Waals surface area contributed by atoms with Gasteiger partial charge in [-0.15, -0.1) is 0 Å². The summed E-state index contributed by atoms with van der Waals surface area (Å²) < 4.78 is 0. The number of aromatic amines is 4. The molecule has 72 valence electrons. The molecule has 0 aliphatic carbocycles. The maximum absolute atomic E-state index is 11.1. The van der Waals surface area contributed by atoms with Crippen LogP contribution in [-0.2, 0) is 0 Å². The summed E-state index contributed by atoms with van der Waals surface area (Å²) >= 11 is 0. The maximum atomic E-state index is 11.1. The second-order valence-corrected chi connectivity index (χ2v) is 2.57. The number of aromatic nitrogens is 4. The van der Waals surface area contributed by atoms with Gasteiger partial charge in [0.1, 0.15) is 11.0 Å². The Balaban J connectivity index is 3.27. The van der Waals surface area contributed by atoms with Gasteiger partial charge in [0.05, 0.1) is 0 Å². The molecule has 8 heteroatoms. The van der Waals surface area contributed by atoms with Crippen molar-refractivity contribution in [3.05, 3.63) is 41.7 Å². The minimum Gasteiger partial charge on any atom is -0.293 e. The van der Waals surface area contributed by atoms with Crippen LogP contribution < -0.4 is 22.5 Å². The molecule has 0 aromatic carbocycles. The van der Waals surface area contributed by atoms with Gasteiger partial charge in [0.2, 0.25) is 0 Å². The lowest BCUT2D eigenvalue weighted by atomic mass is 10.4. The van der Waals surface area contributed by atoms with Crippen LogP contribution in [0.15, 0.2) is 19.2 Å². The van der Waals surface area contributed by atoms with Crippen molar-refractivity contribution in [3.63, 3.8) is 0 Å². The Morgan fingerprint density at radius 3 is 1.50 bits per heavy atom. The van der Waals surface area contributed by atoms with Crippen LogP contribution in [0, 0.1) is 0 Å². The van der Waals surface area contributed by atoms with Crippen LogP contribution in [-0.4, -0.2) is 19.9 Å². The number of hydrogen-bond acceptors (Lipinski definition) is 4. The van der Waals surface area contributed by atoms with Crippen molar-refractivity contribution in [2.75, 3.05) is 0 Å². The highest BCUT2D eigenvalue weighted by Crippen LogP contribution is 1.86. The first-order chi connectivity index (χ1) is 6.58. The second-order valence-electron chi connectivity index (χ2n) is 2.57. The van der Waals surface area contributed by atoms with Crippen molar-refractivity contribution >= 4 is 11.0 Å². The normalized spacial score (nSPS) is 10.6. The summed E-state index contributed by atoms with van der Waals surface area (Å²) in [7, 11) is 0. The minimum atomic E-state index is -0.846. The van der Waals surface area contributed by atoms with Gasteiger partial charge < -0.3 is 0 Å². The fourth-order valence-electron chi connectivity index (χ4n) is 1.11. The molecule has 0 saturated carbocycles. The second kappa shape index (κ2) is 2.55. The molecular formula is C6H4N4O4. The average Bonchev–Trinajstić information content (AvgIpc) is 1.99. The molecule has 0 radical (unpaired) electrons. The predicted octanol–water partition coefficient (Wildman–Crippen LogP) is -2.41. The van der Waals surface area contributed by atoms with Crippen molar-refractivity contribution in [1.29, 1.82) is 0 Å². The molecule has 2 aromatic heterocycles. The van der Waals surface area contributed by atoms with Crippen LogP contribution in [0.4, 0.5) is 0 Å². The Morgan fingerprint density at radius 2 is 1.07 bits per heavy atom. The van der Waals surface area contributed by atoms with E-state index in [4.69, 9.17) is 0 Å². The lowest BCUT2D eigenvalue weighted by Crippen LogP contribution is -2.32. The third-order valence-electron chi connectivity index (χ3n) is 1.64. The summed E-state index contributed by atoms with van der Waals surface area (Å²) in [6.07, 6.45) is 0. The Labute approximate surface area is 73.6 Å². The summed E-state index contributed by atoms with van der Waals surface area (Å²) in [4.78, 5) is 51.8. The number of nitrogens with one attached hydrogen (secondary N) is 4. The highest BCUT2D eigenvalue weighted by atomic mass is 16.2. The number of fused-ring (bicyclic) bond motifs is 1. The van der Waals surface area contributed by atoms with Gasteiger partial charge in [0, 0.05) is 0 Å². The monoisotopic (exact) mass is 196 g/mol. The molecule has 0 fully saturated rings. The fourth-order valence-corrected chi connectivity index (χ4v) is 1.11. The largest absolute Gasteiger partial charge is 0.327 e. The maximum Gasteiger partial charge on any atom is 0.327 e. The van der Waals surface area contributed by atoms with Gasteiger partial charge in [-0.05, 0) is 0 Å². The molecule has 2 aromatic rings. The molecule has 2 heterocycles. The third-order valence-corrected chi connectivity index (χ3v) is 1.64. The first-order valence-electron chi connectivity index (χ1n) is 3.57.